The fourth-order valence-electron chi connectivity index (χ4n) is 4.62. The van der Waals surface area contributed by atoms with Crippen molar-refractivity contribution in [3.8, 4) is 11.4 Å². The van der Waals surface area contributed by atoms with Crippen molar-refractivity contribution in [3.05, 3.63) is 106 Å². The van der Waals surface area contributed by atoms with E-state index < -0.39 is 5.91 Å². The van der Waals surface area contributed by atoms with E-state index >= 15 is 0 Å². The first-order valence-electron chi connectivity index (χ1n) is 12.2. The van der Waals surface area contributed by atoms with Crippen LogP contribution in [0.5, 0.6) is 5.75 Å². The van der Waals surface area contributed by atoms with Gasteiger partial charge in [-0.2, -0.15) is 0 Å². The number of rotatable bonds is 7. The lowest BCUT2D eigenvalue weighted by Gasteiger charge is -2.10. The third-order valence-electron chi connectivity index (χ3n) is 6.64. The van der Waals surface area contributed by atoms with Crippen molar-refractivity contribution in [2.45, 2.75) is 26.2 Å². The standard InChI is InChI=1S/C29H28N4O4/c1-19-27(29(36)33(32(19)2)24-12-4-3-5-13-24)31-28(35)22-10-7-11-23(16-22)30-26(34)18-37-25-15-14-20-8-6-9-21(20)17-25/h3-5,7,10-17H,6,8-9,18H2,1-2H3,(H,30,34)(H,31,35). The van der Waals surface area contributed by atoms with Crippen LogP contribution >= 0.6 is 0 Å². The van der Waals surface area contributed by atoms with E-state index in [4.69, 9.17) is 4.74 Å². The molecule has 1 heterocycles. The van der Waals surface area contributed by atoms with Gasteiger partial charge in [-0.1, -0.05) is 30.3 Å². The molecule has 0 saturated heterocycles. The normalized spacial score (nSPS) is 12.2. The van der Waals surface area contributed by atoms with E-state index in [1.807, 2.05) is 42.5 Å². The maximum atomic E-state index is 13.1. The molecule has 0 radical (unpaired) electrons. The Labute approximate surface area is 214 Å². The minimum Gasteiger partial charge on any atom is -0.484 e. The van der Waals surface area contributed by atoms with Crippen molar-refractivity contribution < 1.29 is 14.3 Å². The van der Waals surface area contributed by atoms with E-state index in [1.54, 1.807) is 42.9 Å². The highest BCUT2D eigenvalue weighted by molar-refractivity contribution is 6.05. The zero-order valence-electron chi connectivity index (χ0n) is 20.8. The van der Waals surface area contributed by atoms with E-state index in [0.29, 0.717) is 28.4 Å². The molecule has 0 unspecified atom stereocenters. The van der Waals surface area contributed by atoms with Gasteiger partial charge in [0, 0.05) is 18.3 Å². The Kier molecular flexibility index (Phi) is 6.64. The summed E-state index contributed by atoms with van der Waals surface area (Å²) in [6.45, 7) is 1.63. The van der Waals surface area contributed by atoms with E-state index in [2.05, 4.69) is 16.7 Å². The van der Waals surface area contributed by atoms with Crippen LogP contribution in [0.2, 0.25) is 0 Å². The minimum absolute atomic E-state index is 0.141. The fraction of sp³-hybridized carbons (Fsp3) is 0.207. The molecule has 0 fully saturated rings. The molecule has 0 bridgehead atoms. The Bertz CT molecular complexity index is 1540. The zero-order valence-corrected chi connectivity index (χ0v) is 20.8. The Morgan fingerprint density at radius 1 is 0.919 bits per heavy atom. The molecular formula is C29H28N4O4. The summed E-state index contributed by atoms with van der Waals surface area (Å²) in [6.07, 6.45) is 3.28. The largest absolute Gasteiger partial charge is 0.484 e. The van der Waals surface area contributed by atoms with Crippen LogP contribution in [-0.2, 0) is 24.7 Å². The molecule has 188 valence electrons. The average Bonchev–Trinajstić information content (AvgIpc) is 3.46. The van der Waals surface area contributed by atoms with Gasteiger partial charge in [-0.15, -0.1) is 0 Å². The minimum atomic E-state index is -0.448. The van der Waals surface area contributed by atoms with Crippen molar-refractivity contribution in [1.29, 1.82) is 0 Å². The van der Waals surface area contributed by atoms with E-state index in [1.165, 1.54) is 15.8 Å². The van der Waals surface area contributed by atoms with Crippen molar-refractivity contribution >= 4 is 23.2 Å². The highest BCUT2D eigenvalue weighted by Crippen LogP contribution is 2.26. The molecule has 3 aromatic carbocycles. The predicted octanol–water partition coefficient (Wildman–Crippen LogP) is 4.24. The first kappa shape index (κ1) is 24.1. The van der Waals surface area contributed by atoms with Crippen LogP contribution in [0, 0.1) is 6.92 Å². The predicted molar refractivity (Wildman–Crippen MR) is 143 cm³/mol. The monoisotopic (exact) mass is 496 g/mol. The molecule has 0 saturated carbocycles. The number of nitrogens with zero attached hydrogens (tertiary/aromatic N) is 2. The number of carbonyl (C=O) groups is 2. The van der Waals surface area contributed by atoms with Gasteiger partial charge in [0.15, 0.2) is 6.61 Å². The fourth-order valence-corrected chi connectivity index (χ4v) is 4.62. The summed E-state index contributed by atoms with van der Waals surface area (Å²) in [6, 6.07) is 21.7. The lowest BCUT2D eigenvalue weighted by Crippen LogP contribution is -2.23. The topological polar surface area (TPSA) is 94.4 Å². The summed E-state index contributed by atoms with van der Waals surface area (Å²) in [5.41, 5.74) is 4.59. The van der Waals surface area contributed by atoms with Crippen LogP contribution in [0.15, 0.2) is 77.6 Å². The van der Waals surface area contributed by atoms with Gasteiger partial charge in [-0.3, -0.25) is 19.1 Å². The molecule has 2 N–H and O–H groups in total. The molecule has 1 aromatic heterocycles. The van der Waals surface area contributed by atoms with E-state index in [9.17, 15) is 14.4 Å². The molecule has 0 aliphatic heterocycles. The Morgan fingerprint density at radius 2 is 1.70 bits per heavy atom. The van der Waals surface area contributed by atoms with Gasteiger partial charge < -0.3 is 15.4 Å². The van der Waals surface area contributed by atoms with Gasteiger partial charge in [0.1, 0.15) is 11.4 Å². The van der Waals surface area contributed by atoms with E-state index in [-0.39, 0.29) is 23.8 Å². The molecule has 1 aliphatic carbocycles. The second-order valence-corrected chi connectivity index (χ2v) is 9.09. The summed E-state index contributed by atoms with van der Waals surface area (Å²) in [4.78, 5) is 38.6. The number of carbonyl (C=O) groups excluding carboxylic acids is 2. The highest BCUT2D eigenvalue weighted by Gasteiger charge is 2.19. The van der Waals surface area contributed by atoms with Gasteiger partial charge in [0.05, 0.1) is 11.4 Å². The molecule has 0 spiro atoms. The van der Waals surface area contributed by atoms with Gasteiger partial charge in [0.2, 0.25) is 0 Å². The number of anilines is 2. The summed E-state index contributed by atoms with van der Waals surface area (Å²) < 4.78 is 8.87. The van der Waals surface area contributed by atoms with Crippen molar-refractivity contribution in [2.24, 2.45) is 7.05 Å². The number of aromatic nitrogens is 2. The van der Waals surface area contributed by atoms with Crippen LogP contribution in [0.25, 0.3) is 5.69 Å². The molecule has 0 atom stereocenters. The SMILES string of the molecule is Cc1c(NC(=O)c2cccc(NC(=O)COc3ccc4c(c3)CCC4)c2)c(=O)n(-c2ccccc2)n1C. The quantitative estimate of drug-likeness (QED) is 0.400. The third kappa shape index (κ3) is 5.04. The van der Waals surface area contributed by atoms with Crippen LogP contribution in [0.3, 0.4) is 0 Å². The number of nitrogens with one attached hydrogen (secondary N) is 2. The average molecular weight is 497 g/mol. The number of amides is 2. The molecule has 1 aliphatic rings. The number of aryl methyl sites for hydroxylation is 2. The number of hydrogen-bond acceptors (Lipinski definition) is 4. The Hall–Kier alpha value is -4.59. The molecule has 4 aromatic rings. The molecule has 8 nitrogen and oxygen atoms in total. The second-order valence-electron chi connectivity index (χ2n) is 9.09. The Morgan fingerprint density at radius 3 is 2.51 bits per heavy atom. The summed E-state index contributed by atoms with van der Waals surface area (Å²) >= 11 is 0. The number of ether oxygens (including phenoxy) is 1. The summed E-state index contributed by atoms with van der Waals surface area (Å²) in [5, 5.41) is 5.51. The van der Waals surface area contributed by atoms with Crippen LogP contribution in [0.4, 0.5) is 11.4 Å². The number of benzene rings is 3. The molecule has 8 heteroatoms. The third-order valence-corrected chi connectivity index (χ3v) is 6.64. The summed E-state index contributed by atoms with van der Waals surface area (Å²) in [5.74, 6) is -0.109. The maximum Gasteiger partial charge on any atom is 0.295 e. The molecule has 5 rings (SSSR count). The van der Waals surface area contributed by atoms with Crippen molar-refractivity contribution in [3.63, 3.8) is 0 Å². The van der Waals surface area contributed by atoms with Crippen molar-refractivity contribution in [1.82, 2.24) is 9.36 Å². The smallest absolute Gasteiger partial charge is 0.295 e. The van der Waals surface area contributed by atoms with Crippen LogP contribution in [-0.4, -0.2) is 27.8 Å². The van der Waals surface area contributed by atoms with Gasteiger partial charge >= 0.3 is 0 Å². The van der Waals surface area contributed by atoms with Crippen molar-refractivity contribution in [2.75, 3.05) is 17.2 Å². The van der Waals surface area contributed by atoms with Gasteiger partial charge in [-0.05, 0) is 79.8 Å². The first-order chi connectivity index (χ1) is 17.9. The number of fused-ring (bicyclic) bond motifs is 1. The van der Waals surface area contributed by atoms with Gasteiger partial charge in [0.25, 0.3) is 17.4 Å². The maximum absolute atomic E-state index is 13.1. The number of hydrogen-bond donors (Lipinski definition) is 2. The zero-order chi connectivity index (χ0) is 25.9. The highest BCUT2D eigenvalue weighted by atomic mass is 16.5. The second kappa shape index (κ2) is 10.2. The van der Waals surface area contributed by atoms with Crippen LogP contribution < -0.4 is 20.9 Å². The summed E-state index contributed by atoms with van der Waals surface area (Å²) in [7, 11) is 1.76. The Balaban J connectivity index is 1.25. The lowest BCUT2D eigenvalue weighted by atomic mass is 10.1. The van der Waals surface area contributed by atoms with Gasteiger partial charge in [-0.25, -0.2) is 4.68 Å². The van der Waals surface area contributed by atoms with Crippen LogP contribution in [0.1, 0.15) is 33.6 Å². The first-order valence-corrected chi connectivity index (χ1v) is 12.2. The molecule has 2 amide bonds. The van der Waals surface area contributed by atoms with E-state index in [0.717, 1.165) is 19.3 Å². The molecular weight excluding hydrogens is 468 g/mol. The number of para-hydroxylation sites is 1. The lowest BCUT2D eigenvalue weighted by molar-refractivity contribution is -0.118. The molecule has 37 heavy (non-hydrogen) atoms.